The molecule has 1 aromatic heterocycles. The molecule has 6 heteroatoms. The van der Waals surface area contributed by atoms with Crippen molar-refractivity contribution in [3.05, 3.63) is 83.0 Å². The Morgan fingerprint density at radius 1 is 0.964 bits per heavy atom. The monoisotopic (exact) mass is 393 g/mol. The molecule has 0 radical (unpaired) electrons. The summed E-state index contributed by atoms with van der Waals surface area (Å²) >= 11 is 0. The normalized spacial score (nSPS) is 13.9. The Morgan fingerprint density at radius 3 is 2.46 bits per heavy atom. The van der Waals surface area contributed by atoms with Gasteiger partial charge in [0.1, 0.15) is 5.82 Å². The number of fused-ring (bicyclic) bond motifs is 1. The molecular weight excluding hydrogens is 370 g/mol. The predicted octanol–water partition coefficient (Wildman–Crippen LogP) is 4.06. The first-order valence-electron chi connectivity index (χ1n) is 9.30. The van der Waals surface area contributed by atoms with E-state index in [9.17, 15) is 8.42 Å². The largest absolute Gasteiger partial charge is 0.352 e. The lowest BCUT2D eigenvalue weighted by atomic mass is 10.00. The van der Waals surface area contributed by atoms with Crippen molar-refractivity contribution in [2.24, 2.45) is 0 Å². The van der Waals surface area contributed by atoms with Crippen molar-refractivity contribution >= 4 is 21.5 Å². The Hall–Kier alpha value is -2.86. The zero-order valence-corrected chi connectivity index (χ0v) is 16.8. The topological polar surface area (TPSA) is 62.3 Å². The Bertz CT molecular complexity index is 1110. The highest BCUT2D eigenvalue weighted by atomic mass is 32.2. The molecule has 0 fully saturated rings. The van der Waals surface area contributed by atoms with Crippen molar-refractivity contribution < 1.29 is 8.42 Å². The van der Waals surface area contributed by atoms with Gasteiger partial charge in [-0.25, -0.2) is 13.4 Å². The number of sulfonamides is 1. The lowest BCUT2D eigenvalue weighted by Crippen LogP contribution is -2.30. The molecule has 0 aliphatic carbocycles. The van der Waals surface area contributed by atoms with E-state index in [0.29, 0.717) is 5.69 Å². The van der Waals surface area contributed by atoms with Crippen LogP contribution >= 0.6 is 0 Å². The predicted molar refractivity (Wildman–Crippen MR) is 112 cm³/mol. The van der Waals surface area contributed by atoms with Crippen LogP contribution in [0.4, 0.5) is 11.5 Å². The summed E-state index contributed by atoms with van der Waals surface area (Å²) in [6, 6.07) is 17.2. The summed E-state index contributed by atoms with van der Waals surface area (Å²) in [7, 11) is -3.63. The van der Waals surface area contributed by atoms with Gasteiger partial charge in [-0.05, 0) is 66.8 Å². The molecule has 0 unspecified atom stereocenters. The Morgan fingerprint density at radius 2 is 1.75 bits per heavy atom. The summed E-state index contributed by atoms with van der Waals surface area (Å²) in [6.45, 7) is 5.58. The highest BCUT2D eigenvalue weighted by Crippen LogP contribution is 2.24. The second-order valence-corrected chi connectivity index (χ2v) is 8.88. The molecule has 2 aromatic carbocycles. The second-order valence-electron chi connectivity index (χ2n) is 7.20. The molecule has 1 aliphatic heterocycles. The molecule has 2 heterocycles. The molecular formula is C22H23N3O2S. The third-order valence-corrected chi connectivity index (χ3v) is 6.62. The molecule has 5 nitrogen and oxygen atoms in total. The molecule has 144 valence electrons. The molecule has 1 N–H and O–H groups in total. The number of aromatic nitrogens is 1. The van der Waals surface area contributed by atoms with Crippen LogP contribution in [0, 0.1) is 13.8 Å². The summed E-state index contributed by atoms with van der Waals surface area (Å²) in [5.74, 6) is 0.851. The second kappa shape index (κ2) is 7.28. The molecule has 0 saturated carbocycles. The van der Waals surface area contributed by atoms with E-state index in [1.54, 1.807) is 24.4 Å². The highest BCUT2D eigenvalue weighted by Gasteiger charge is 2.18. The van der Waals surface area contributed by atoms with Gasteiger partial charge in [0.05, 0.1) is 16.8 Å². The van der Waals surface area contributed by atoms with Crippen LogP contribution in [0.15, 0.2) is 65.7 Å². The maximum atomic E-state index is 12.6. The number of nitrogens with one attached hydrogen (secondary N) is 1. The van der Waals surface area contributed by atoms with Crippen LogP contribution in [0.1, 0.15) is 22.3 Å². The molecule has 0 bridgehead atoms. The van der Waals surface area contributed by atoms with Crippen LogP contribution in [-0.2, 0) is 23.0 Å². The van der Waals surface area contributed by atoms with Gasteiger partial charge in [-0.1, -0.05) is 30.3 Å². The summed E-state index contributed by atoms with van der Waals surface area (Å²) in [6.07, 6.45) is 2.56. The van der Waals surface area contributed by atoms with Crippen molar-refractivity contribution in [1.82, 2.24) is 4.98 Å². The van der Waals surface area contributed by atoms with Crippen molar-refractivity contribution in [1.29, 1.82) is 0 Å². The van der Waals surface area contributed by atoms with E-state index in [0.717, 1.165) is 36.5 Å². The number of hydrogen-bond acceptors (Lipinski definition) is 4. The number of rotatable bonds is 4. The van der Waals surface area contributed by atoms with Gasteiger partial charge in [-0.15, -0.1) is 0 Å². The van der Waals surface area contributed by atoms with Gasteiger partial charge in [-0.3, -0.25) is 4.72 Å². The van der Waals surface area contributed by atoms with Crippen LogP contribution in [-0.4, -0.2) is 19.9 Å². The zero-order chi connectivity index (χ0) is 19.7. The highest BCUT2D eigenvalue weighted by molar-refractivity contribution is 7.92. The summed E-state index contributed by atoms with van der Waals surface area (Å²) in [5.41, 5.74) is 5.17. The third-order valence-electron chi connectivity index (χ3n) is 5.24. The standard InChI is InChI=1S/C22H23N3O2S/c1-16-7-9-21(13-17(16)2)28(26,27)24-20-8-10-22(23-14-20)25-12-11-18-5-3-4-6-19(18)15-25/h3-10,13-14,24H,11-12,15H2,1-2H3. The van der Waals surface area contributed by atoms with Crippen molar-refractivity contribution in [2.75, 3.05) is 16.2 Å². The molecule has 0 atom stereocenters. The number of nitrogens with zero attached hydrogens (tertiary/aromatic N) is 2. The van der Waals surface area contributed by atoms with Gasteiger partial charge in [0.15, 0.2) is 0 Å². The van der Waals surface area contributed by atoms with Gasteiger partial charge in [0.2, 0.25) is 0 Å². The van der Waals surface area contributed by atoms with Gasteiger partial charge in [0.25, 0.3) is 10.0 Å². The Balaban J connectivity index is 1.50. The lowest BCUT2D eigenvalue weighted by Gasteiger charge is -2.29. The smallest absolute Gasteiger partial charge is 0.261 e. The van der Waals surface area contributed by atoms with Crippen LogP contribution < -0.4 is 9.62 Å². The van der Waals surface area contributed by atoms with E-state index in [1.165, 1.54) is 11.1 Å². The first kappa shape index (κ1) is 18.5. The quantitative estimate of drug-likeness (QED) is 0.726. The number of benzene rings is 2. The van der Waals surface area contributed by atoms with Gasteiger partial charge >= 0.3 is 0 Å². The van der Waals surface area contributed by atoms with E-state index in [2.05, 4.69) is 38.9 Å². The van der Waals surface area contributed by atoms with Crippen molar-refractivity contribution in [3.8, 4) is 0 Å². The first-order valence-corrected chi connectivity index (χ1v) is 10.8. The van der Waals surface area contributed by atoms with E-state index in [-0.39, 0.29) is 4.90 Å². The van der Waals surface area contributed by atoms with E-state index in [1.807, 2.05) is 26.0 Å². The zero-order valence-electron chi connectivity index (χ0n) is 16.0. The maximum Gasteiger partial charge on any atom is 0.261 e. The molecule has 0 amide bonds. The minimum absolute atomic E-state index is 0.257. The Labute approximate surface area is 166 Å². The average molecular weight is 394 g/mol. The first-order chi connectivity index (χ1) is 13.4. The van der Waals surface area contributed by atoms with Crippen LogP contribution in [0.2, 0.25) is 0 Å². The molecule has 4 rings (SSSR count). The van der Waals surface area contributed by atoms with Gasteiger partial charge < -0.3 is 4.90 Å². The minimum Gasteiger partial charge on any atom is -0.352 e. The third kappa shape index (κ3) is 3.73. The van der Waals surface area contributed by atoms with E-state index < -0.39 is 10.0 Å². The van der Waals surface area contributed by atoms with Crippen molar-refractivity contribution in [2.45, 2.75) is 31.7 Å². The van der Waals surface area contributed by atoms with E-state index in [4.69, 9.17) is 0 Å². The van der Waals surface area contributed by atoms with Crippen LogP contribution in [0.3, 0.4) is 0 Å². The molecule has 0 saturated heterocycles. The van der Waals surface area contributed by atoms with Crippen LogP contribution in [0.5, 0.6) is 0 Å². The Kier molecular flexibility index (Phi) is 4.81. The number of aryl methyl sites for hydroxylation is 2. The summed E-state index contributed by atoms with van der Waals surface area (Å²) < 4.78 is 27.9. The fourth-order valence-corrected chi connectivity index (χ4v) is 4.55. The maximum absolute atomic E-state index is 12.6. The lowest BCUT2D eigenvalue weighted by molar-refractivity contribution is 0.601. The van der Waals surface area contributed by atoms with Gasteiger partial charge in [0, 0.05) is 13.1 Å². The SMILES string of the molecule is Cc1ccc(S(=O)(=O)Nc2ccc(N3CCc4ccccc4C3)nc2)cc1C. The molecule has 3 aromatic rings. The number of hydrogen-bond donors (Lipinski definition) is 1. The fraction of sp³-hybridized carbons (Fsp3) is 0.227. The molecule has 1 aliphatic rings. The summed E-state index contributed by atoms with van der Waals surface area (Å²) in [5, 5.41) is 0. The van der Waals surface area contributed by atoms with Crippen LogP contribution in [0.25, 0.3) is 0 Å². The van der Waals surface area contributed by atoms with E-state index >= 15 is 0 Å². The molecule has 0 spiro atoms. The number of anilines is 2. The summed E-state index contributed by atoms with van der Waals surface area (Å²) in [4.78, 5) is 6.95. The number of pyridine rings is 1. The van der Waals surface area contributed by atoms with Gasteiger partial charge in [-0.2, -0.15) is 0 Å². The van der Waals surface area contributed by atoms with Crippen molar-refractivity contribution in [3.63, 3.8) is 0 Å². The minimum atomic E-state index is -3.63. The average Bonchev–Trinajstić information content (AvgIpc) is 2.70. The molecule has 28 heavy (non-hydrogen) atoms. The fourth-order valence-electron chi connectivity index (χ4n) is 3.42.